The van der Waals surface area contributed by atoms with Crippen LogP contribution in [-0.4, -0.2) is 44.7 Å². The number of hydrogen-bond acceptors (Lipinski definition) is 3. The molecule has 0 aliphatic carbocycles. The fourth-order valence-electron chi connectivity index (χ4n) is 4.70. The van der Waals surface area contributed by atoms with Crippen molar-refractivity contribution in [2.24, 2.45) is 5.92 Å². The van der Waals surface area contributed by atoms with Crippen molar-refractivity contribution in [2.75, 3.05) is 33.9 Å². The zero-order valence-corrected chi connectivity index (χ0v) is 23.4. The third kappa shape index (κ3) is 9.53. The smallest absolute Gasteiger partial charge is 0.383 e. The van der Waals surface area contributed by atoms with E-state index < -0.39 is 17.6 Å². The Morgan fingerprint density at radius 3 is 2.49 bits per heavy atom. The largest absolute Gasteiger partial charge is 0.416 e. The minimum Gasteiger partial charge on any atom is -0.383 e. The molecule has 0 aromatic heterocycles. The number of allylic oxidation sites excluding steroid dienone is 1. The summed E-state index contributed by atoms with van der Waals surface area (Å²) in [5.41, 5.74) is 1.07. The number of nitrogens with one attached hydrogen (secondary N) is 1. The lowest BCUT2D eigenvalue weighted by molar-refractivity contribution is -0.137. The molecule has 8 heteroatoms. The molecule has 0 saturated heterocycles. The summed E-state index contributed by atoms with van der Waals surface area (Å²) in [4.78, 5) is 14.7. The molecule has 39 heavy (non-hydrogen) atoms. The summed E-state index contributed by atoms with van der Waals surface area (Å²) in [7, 11) is 3.57. The van der Waals surface area contributed by atoms with Crippen LogP contribution < -0.4 is 15.8 Å². The van der Waals surface area contributed by atoms with E-state index in [1.54, 1.807) is 13.2 Å². The molecule has 1 unspecified atom stereocenters. The minimum atomic E-state index is -4.58. The van der Waals surface area contributed by atoms with Crippen LogP contribution in [0.15, 0.2) is 36.9 Å². The Labute approximate surface area is 229 Å². The third-order valence-corrected chi connectivity index (χ3v) is 6.80. The molecule has 0 aliphatic heterocycles. The molecule has 2 rings (SSSR count). The summed E-state index contributed by atoms with van der Waals surface area (Å²) in [6, 6.07) is 6.21. The Hall–Kier alpha value is -3.13. The monoisotopic (exact) mass is 548 g/mol. The second-order valence-electron chi connectivity index (χ2n) is 9.97. The maximum absolute atomic E-state index is 14.3. The lowest BCUT2D eigenvalue weighted by Gasteiger charge is -2.23. The number of hydrogen-bond donors (Lipinski definition) is 1. The first kappa shape index (κ1) is 32.1. The zero-order valence-electron chi connectivity index (χ0n) is 23.4. The van der Waals surface area contributed by atoms with E-state index in [2.05, 4.69) is 30.3 Å². The number of methoxy groups -OCH3 is 1. The Morgan fingerprint density at radius 1 is 1.18 bits per heavy atom. The quantitative estimate of drug-likeness (QED) is 0.236. The fourth-order valence-corrected chi connectivity index (χ4v) is 4.70. The van der Waals surface area contributed by atoms with Gasteiger partial charge in [0.2, 0.25) is 0 Å². The summed E-state index contributed by atoms with van der Waals surface area (Å²) >= 11 is 0. The van der Waals surface area contributed by atoms with Crippen molar-refractivity contribution in [3.8, 4) is 0 Å². The Kier molecular flexibility index (Phi) is 12.2. The SMILES string of the molecule is C=C(CCCC(CCC)CN(C)/C=c1/c(C)c(C(=O)NCCOC)ccc1=C)c1ccc(C(F)(F)F)cc1F. The summed E-state index contributed by atoms with van der Waals surface area (Å²) in [5.74, 6) is -0.700. The van der Waals surface area contributed by atoms with Gasteiger partial charge in [0.1, 0.15) is 5.82 Å². The van der Waals surface area contributed by atoms with Crippen molar-refractivity contribution in [1.29, 1.82) is 0 Å². The molecule has 214 valence electrons. The van der Waals surface area contributed by atoms with Crippen molar-refractivity contribution >= 4 is 24.3 Å². The molecule has 0 radical (unpaired) electrons. The molecule has 0 bridgehead atoms. The van der Waals surface area contributed by atoms with Crippen LogP contribution in [-0.2, 0) is 10.9 Å². The van der Waals surface area contributed by atoms with Gasteiger partial charge in [0.25, 0.3) is 5.91 Å². The predicted molar refractivity (Wildman–Crippen MR) is 150 cm³/mol. The van der Waals surface area contributed by atoms with E-state index in [1.807, 2.05) is 26.2 Å². The molecule has 2 aromatic rings. The molecule has 1 atom stereocenters. The average Bonchev–Trinajstić information content (AvgIpc) is 2.86. The van der Waals surface area contributed by atoms with Crippen molar-refractivity contribution in [3.05, 3.63) is 75.4 Å². The first-order valence-electron chi connectivity index (χ1n) is 13.2. The van der Waals surface area contributed by atoms with Gasteiger partial charge in [0.05, 0.1) is 12.2 Å². The topological polar surface area (TPSA) is 41.6 Å². The van der Waals surface area contributed by atoms with Gasteiger partial charge in [-0.1, -0.05) is 38.6 Å². The van der Waals surface area contributed by atoms with Gasteiger partial charge in [-0.3, -0.25) is 4.79 Å². The lowest BCUT2D eigenvalue weighted by Crippen LogP contribution is -2.35. The molecule has 0 spiro atoms. The van der Waals surface area contributed by atoms with E-state index in [9.17, 15) is 22.4 Å². The number of nitrogens with zero attached hydrogens (tertiary/aromatic N) is 1. The summed E-state index contributed by atoms with van der Waals surface area (Å²) in [5, 5.41) is 4.58. The van der Waals surface area contributed by atoms with E-state index in [0.717, 1.165) is 60.4 Å². The normalized spacial score (nSPS) is 12.9. The van der Waals surface area contributed by atoms with Gasteiger partial charge in [-0.05, 0) is 73.1 Å². The highest BCUT2D eigenvalue weighted by Gasteiger charge is 2.31. The molecular weight excluding hydrogens is 508 g/mol. The Balaban J connectivity index is 2.06. The highest BCUT2D eigenvalue weighted by Crippen LogP contribution is 2.32. The molecule has 0 heterocycles. The van der Waals surface area contributed by atoms with Crippen LogP contribution in [0, 0.1) is 18.7 Å². The van der Waals surface area contributed by atoms with Gasteiger partial charge in [-0.15, -0.1) is 0 Å². The van der Waals surface area contributed by atoms with E-state index in [1.165, 1.54) is 0 Å². The summed E-state index contributed by atoms with van der Waals surface area (Å²) < 4.78 is 57.9. The second kappa shape index (κ2) is 14.9. The van der Waals surface area contributed by atoms with Crippen molar-refractivity contribution in [3.63, 3.8) is 0 Å². The maximum Gasteiger partial charge on any atom is 0.416 e. The third-order valence-electron chi connectivity index (χ3n) is 6.80. The molecule has 0 fully saturated rings. The highest BCUT2D eigenvalue weighted by atomic mass is 19.4. The van der Waals surface area contributed by atoms with Gasteiger partial charge in [-0.25, -0.2) is 4.39 Å². The van der Waals surface area contributed by atoms with Gasteiger partial charge in [0, 0.05) is 49.8 Å². The average molecular weight is 549 g/mol. The Morgan fingerprint density at radius 2 is 1.87 bits per heavy atom. The van der Waals surface area contributed by atoms with Crippen LogP contribution in [0.3, 0.4) is 0 Å². The van der Waals surface area contributed by atoms with E-state index in [0.29, 0.717) is 42.7 Å². The lowest BCUT2D eigenvalue weighted by atomic mass is 9.93. The first-order valence-corrected chi connectivity index (χ1v) is 13.2. The van der Waals surface area contributed by atoms with Crippen LogP contribution >= 0.6 is 0 Å². The van der Waals surface area contributed by atoms with Gasteiger partial charge in [0.15, 0.2) is 0 Å². The summed E-state index contributed by atoms with van der Waals surface area (Å²) in [6.45, 7) is 13.7. The van der Waals surface area contributed by atoms with Crippen LogP contribution in [0.2, 0.25) is 0 Å². The van der Waals surface area contributed by atoms with Crippen LogP contribution in [0.5, 0.6) is 0 Å². The first-order chi connectivity index (χ1) is 18.4. The predicted octanol–water partition coefficient (Wildman–Crippen LogP) is 5.91. The molecule has 1 N–H and O–H groups in total. The Bertz CT molecular complexity index is 1240. The van der Waals surface area contributed by atoms with Crippen molar-refractivity contribution in [1.82, 2.24) is 10.2 Å². The zero-order chi connectivity index (χ0) is 29.2. The minimum absolute atomic E-state index is 0.130. The number of carbonyl (C=O) groups excluding carboxylic acids is 1. The number of carbonyl (C=O) groups is 1. The van der Waals surface area contributed by atoms with E-state index in [4.69, 9.17) is 4.74 Å². The van der Waals surface area contributed by atoms with Crippen LogP contribution in [0.1, 0.15) is 66.1 Å². The number of ether oxygens (including phenoxy) is 1. The van der Waals surface area contributed by atoms with Gasteiger partial charge < -0.3 is 15.0 Å². The molecule has 0 saturated carbocycles. The maximum atomic E-state index is 14.3. The fraction of sp³-hybridized carbons (Fsp3) is 0.452. The van der Waals surface area contributed by atoms with Crippen molar-refractivity contribution in [2.45, 2.75) is 52.1 Å². The van der Waals surface area contributed by atoms with Crippen LogP contribution in [0.25, 0.3) is 18.4 Å². The standard InChI is InChI=1S/C31H40F4N2O2/c1-7-9-24(11-8-10-21(2)26-15-13-25(18-29(26)32)31(33,34)35)19-37(5)20-28-22(3)12-14-27(23(28)4)30(38)36-16-17-39-6/h12-15,18,20,24H,2-3,7-11,16-17,19H2,1,4-6H3,(H,36,38)/b28-20+. The molecule has 0 aliphatic rings. The van der Waals surface area contributed by atoms with Crippen molar-refractivity contribution < 1.29 is 27.1 Å². The molecule has 2 aromatic carbocycles. The van der Waals surface area contributed by atoms with Gasteiger partial charge >= 0.3 is 6.18 Å². The van der Waals surface area contributed by atoms with E-state index >= 15 is 0 Å². The number of alkyl halides is 3. The molecular formula is C31H40F4N2O2. The number of benzene rings is 2. The number of halogens is 4. The second-order valence-corrected chi connectivity index (χ2v) is 9.97. The number of rotatable bonds is 14. The van der Waals surface area contributed by atoms with Gasteiger partial charge in [-0.2, -0.15) is 13.2 Å². The number of amides is 1. The molecule has 1 amide bonds. The van der Waals surface area contributed by atoms with E-state index in [-0.39, 0.29) is 11.5 Å². The highest BCUT2D eigenvalue weighted by molar-refractivity contribution is 5.95. The molecule has 4 nitrogen and oxygen atoms in total. The summed E-state index contributed by atoms with van der Waals surface area (Å²) in [6.07, 6.45) is 1.55. The van der Waals surface area contributed by atoms with Crippen LogP contribution in [0.4, 0.5) is 17.6 Å².